The minimum absolute atomic E-state index is 0.109. The zero-order chi connectivity index (χ0) is 9.68. The van der Waals surface area contributed by atoms with Crippen LogP contribution >= 0.6 is 0 Å². The summed E-state index contributed by atoms with van der Waals surface area (Å²) in [5.41, 5.74) is 0.493. The molecule has 72 valence electrons. The van der Waals surface area contributed by atoms with Crippen LogP contribution in [0.5, 0.6) is 5.75 Å². The number of aliphatic hydroxyl groups is 1. The molecule has 0 fully saturated rings. The van der Waals surface area contributed by atoms with Crippen LogP contribution in [0.25, 0.3) is 0 Å². The van der Waals surface area contributed by atoms with Crippen molar-refractivity contribution in [1.82, 2.24) is 0 Å². The normalized spacial score (nSPS) is 12.5. The van der Waals surface area contributed by atoms with Crippen LogP contribution in [0.1, 0.15) is 0 Å². The molecule has 0 aromatic heterocycles. The van der Waals surface area contributed by atoms with Gasteiger partial charge in [0.05, 0.1) is 12.3 Å². The fourth-order valence-electron chi connectivity index (χ4n) is 0.975. The summed E-state index contributed by atoms with van der Waals surface area (Å²) in [5, 5.41) is 21.3. The van der Waals surface area contributed by atoms with Crippen LogP contribution in [0.3, 0.4) is 0 Å². The molecule has 1 unspecified atom stereocenters. The number of anilines is 1. The van der Waals surface area contributed by atoms with E-state index in [1.165, 1.54) is 7.11 Å². The SMILES string of the molecule is COCC(O)Nc1ccccc1O. The molecule has 13 heavy (non-hydrogen) atoms. The number of rotatable bonds is 4. The molecule has 0 spiro atoms. The summed E-state index contributed by atoms with van der Waals surface area (Å²) in [6, 6.07) is 6.70. The fraction of sp³-hybridized carbons (Fsp3) is 0.333. The Morgan fingerprint density at radius 2 is 2.15 bits per heavy atom. The molecule has 1 aromatic carbocycles. The van der Waals surface area contributed by atoms with Crippen molar-refractivity contribution in [2.75, 3.05) is 19.0 Å². The number of ether oxygens (including phenoxy) is 1. The van der Waals surface area contributed by atoms with Crippen molar-refractivity contribution in [3.05, 3.63) is 24.3 Å². The summed E-state index contributed by atoms with van der Waals surface area (Å²) < 4.78 is 4.72. The van der Waals surface area contributed by atoms with E-state index in [1.54, 1.807) is 24.3 Å². The van der Waals surface area contributed by atoms with Crippen molar-refractivity contribution in [2.45, 2.75) is 6.23 Å². The van der Waals surface area contributed by atoms with E-state index in [0.29, 0.717) is 5.69 Å². The Kier molecular flexibility index (Phi) is 3.54. The van der Waals surface area contributed by atoms with Crippen molar-refractivity contribution < 1.29 is 14.9 Å². The molecule has 4 nitrogen and oxygen atoms in total. The molecule has 0 saturated carbocycles. The van der Waals surface area contributed by atoms with E-state index in [2.05, 4.69) is 5.32 Å². The molecule has 0 aliphatic rings. The van der Waals surface area contributed by atoms with Crippen LogP contribution in [0, 0.1) is 0 Å². The Balaban J connectivity index is 2.58. The van der Waals surface area contributed by atoms with Crippen LogP contribution < -0.4 is 5.32 Å². The number of phenols is 1. The number of aliphatic hydroxyl groups excluding tert-OH is 1. The van der Waals surface area contributed by atoms with Crippen LogP contribution in [0.4, 0.5) is 5.69 Å². The van der Waals surface area contributed by atoms with Gasteiger partial charge in [0.25, 0.3) is 0 Å². The van der Waals surface area contributed by atoms with Gasteiger partial charge in [-0.25, -0.2) is 0 Å². The maximum atomic E-state index is 9.31. The monoisotopic (exact) mass is 183 g/mol. The van der Waals surface area contributed by atoms with Crippen molar-refractivity contribution in [3.63, 3.8) is 0 Å². The van der Waals surface area contributed by atoms with Gasteiger partial charge in [0.2, 0.25) is 0 Å². The lowest BCUT2D eigenvalue weighted by atomic mass is 10.3. The molecular formula is C9H13NO3. The standard InChI is InChI=1S/C9H13NO3/c1-13-6-9(12)10-7-4-2-3-5-8(7)11/h2-5,9-12H,6H2,1H3. The molecule has 1 aromatic rings. The number of hydrogen-bond acceptors (Lipinski definition) is 4. The maximum absolute atomic E-state index is 9.31. The molecule has 4 heteroatoms. The summed E-state index contributed by atoms with van der Waals surface area (Å²) in [5.74, 6) is 0.109. The van der Waals surface area contributed by atoms with E-state index in [9.17, 15) is 10.2 Å². The van der Waals surface area contributed by atoms with Crippen molar-refractivity contribution in [2.24, 2.45) is 0 Å². The average Bonchev–Trinajstić information content (AvgIpc) is 2.09. The highest BCUT2D eigenvalue weighted by Crippen LogP contribution is 2.21. The number of phenolic OH excluding ortho intramolecular Hbond substituents is 1. The van der Waals surface area contributed by atoms with Gasteiger partial charge in [0.15, 0.2) is 0 Å². The van der Waals surface area contributed by atoms with Crippen molar-refractivity contribution >= 4 is 5.69 Å². The molecule has 0 saturated heterocycles. The minimum Gasteiger partial charge on any atom is -0.506 e. The summed E-state index contributed by atoms with van der Waals surface area (Å²) in [7, 11) is 1.50. The predicted molar refractivity (Wildman–Crippen MR) is 49.6 cm³/mol. The van der Waals surface area contributed by atoms with E-state index < -0.39 is 6.23 Å². The maximum Gasteiger partial charge on any atom is 0.148 e. The highest BCUT2D eigenvalue weighted by molar-refractivity contribution is 5.55. The number of benzene rings is 1. The van der Waals surface area contributed by atoms with Crippen molar-refractivity contribution in [3.8, 4) is 5.75 Å². The Bertz CT molecular complexity index is 265. The summed E-state index contributed by atoms with van der Waals surface area (Å²) in [6.07, 6.45) is -0.807. The summed E-state index contributed by atoms with van der Waals surface area (Å²) in [6.45, 7) is 0.175. The summed E-state index contributed by atoms with van der Waals surface area (Å²) in [4.78, 5) is 0. The number of nitrogens with one attached hydrogen (secondary N) is 1. The molecule has 1 rings (SSSR count). The lowest BCUT2D eigenvalue weighted by Crippen LogP contribution is -2.23. The van der Waals surface area contributed by atoms with E-state index >= 15 is 0 Å². The van der Waals surface area contributed by atoms with E-state index in [0.717, 1.165) is 0 Å². The fourth-order valence-corrected chi connectivity index (χ4v) is 0.975. The zero-order valence-corrected chi connectivity index (χ0v) is 7.40. The van der Waals surface area contributed by atoms with E-state index in [-0.39, 0.29) is 12.4 Å². The lowest BCUT2D eigenvalue weighted by Gasteiger charge is -2.13. The van der Waals surface area contributed by atoms with Crippen molar-refractivity contribution in [1.29, 1.82) is 0 Å². The van der Waals surface area contributed by atoms with Crippen LogP contribution in [0.15, 0.2) is 24.3 Å². The molecular weight excluding hydrogens is 170 g/mol. The quantitative estimate of drug-likeness (QED) is 0.476. The third kappa shape index (κ3) is 2.93. The minimum atomic E-state index is -0.807. The summed E-state index contributed by atoms with van der Waals surface area (Å²) >= 11 is 0. The third-order valence-electron chi connectivity index (χ3n) is 1.55. The first-order valence-corrected chi connectivity index (χ1v) is 3.95. The van der Waals surface area contributed by atoms with Gasteiger partial charge in [-0.1, -0.05) is 12.1 Å². The first kappa shape index (κ1) is 9.83. The number of hydrogen-bond donors (Lipinski definition) is 3. The molecule has 0 amide bonds. The van der Waals surface area contributed by atoms with Gasteiger partial charge in [0.1, 0.15) is 12.0 Å². The predicted octanol–water partition coefficient (Wildman–Crippen LogP) is 0.769. The second kappa shape index (κ2) is 4.69. The van der Waals surface area contributed by atoms with Gasteiger partial charge in [0, 0.05) is 7.11 Å². The zero-order valence-electron chi connectivity index (χ0n) is 7.40. The van der Waals surface area contributed by atoms with Gasteiger partial charge in [-0.2, -0.15) is 0 Å². The number of methoxy groups -OCH3 is 1. The second-order valence-corrected chi connectivity index (χ2v) is 2.63. The smallest absolute Gasteiger partial charge is 0.148 e. The van der Waals surface area contributed by atoms with E-state index in [4.69, 9.17) is 4.74 Å². The van der Waals surface area contributed by atoms with Gasteiger partial charge >= 0.3 is 0 Å². The van der Waals surface area contributed by atoms with Gasteiger partial charge < -0.3 is 20.3 Å². The molecule has 0 heterocycles. The lowest BCUT2D eigenvalue weighted by molar-refractivity contribution is 0.0818. The first-order chi connectivity index (χ1) is 6.24. The molecule has 0 bridgehead atoms. The Morgan fingerprint density at radius 3 is 2.77 bits per heavy atom. The highest BCUT2D eigenvalue weighted by atomic mass is 16.5. The second-order valence-electron chi connectivity index (χ2n) is 2.63. The van der Waals surface area contributed by atoms with Gasteiger partial charge in [-0.15, -0.1) is 0 Å². The topological polar surface area (TPSA) is 61.7 Å². The van der Waals surface area contributed by atoms with Crippen LogP contribution in [0.2, 0.25) is 0 Å². The van der Waals surface area contributed by atoms with Gasteiger partial charge in [-0.3, -0.25) is 0 Å². The van der Waals surface area contributed by atoms with E-state index in [1.807, 2.05) is 0 Å². The Hall–Kier alpha value is -1.26. The number of aromatic hydroxyl groups is 1. The molecule has 0 aliphatic carbocycles. The third-order valence-corrected chi connectivity index (χ3v) is 1.55. The average molecular weight is 183 g/mol. The first-order valence-electron chi connectivity index (χ1n) is 3.95. The molecule has 1 atom stereocenters. The van der Waals surface area contributed by atoms with Crippen LogP contribution in [-0.4, -0.2) is 30.2 Å². The Morgan fingerprint density at radius 1 is 1.46 bits per heavy atom. The number of para-hydroxylation sites is 2. The molecule has 0 aliphatic heterocycles. The highest BCUT2D eigenvalue weighted by Gasteiger charge is 2.04. The largest absolute Gasteiger partial charge is 0.506 e. The Labute approximate surface area is 76.8 Å². The molecule has 0 radical (unpaired) electrons. The van der Waals surface area contributed by atoms with Gasteiger partial charge in [-0.05, 0) is 12.1 Å². The van der Waals surface area contributed by atoms with Crippen LogP contribution in [-0.2, 0) is 4.74 Å². The molecule has 3 N–H and O–H groups in total.